The van der Waals surface area contributed by atoms with Crippen molar-refractivity contribution in [1.82, 2.24) is 0 Å². The molecule has 19 heavy (non-hydrogen) atoms. The Morgan fingerprint density at radius 2 is 1.53 bits per heavy atom. The van der Waals surface area contributed by atoms with Gasteiger partial charge in [0.25, 0.3) is 0 Å². The van der Waals surface area contributed by atoms with Crippen molar-refractivity contribution >= 4 is 21.5 Å². The summed E-state index contributed by atoms with van der Waals surface area (Å²) in [5.74, 6) is 1.52. The van der Waals surface area contributed by atoms with Crippen molar-refractivity contribution in [1.29, 1.82) is 0 Å². The molecule has 0 aliphatic heterocycles. The summed E-state index contributed by atoms with van der Waals surface area (Å²) in [6.07, 6.45) is 4.17. The van der Waals surface area contributed by atoms with Crippen LogP contribution in [-0.4, -0.2) is 14.2 Å². The fourth-order valence-corrected chi connectivity index (χ4v) is 2.44. The van der Waals surface area contributed by atoms with E-state index in [1.54, 1.807) is 14.2 Å². The molecule has 0 aliphatic carbocycles. The minimum Gasteiger partial charge on any atom is -0.493 e. The summed E-state index contributed by atoms with van der Waals surface area (Å²) in [7, 11) is 5.35. The number of rotatable bonds is 2. The Hall–Kier alpha value is -2.29. The summed E-state index contributed by atoms with van der Waals surface area (Å²) < 4.78 is 12.8. The average molecular weight is 254 g/mol. The molecule has 2 aromatic carbocycles. The lowest BCUT2D eigenvalue weighted by Gasteiger charge is -2.10. The van der Waals surface area contributed by atoms with Gasteiger partial charge in [-0.3, -0.25) is 0 Å². The molecule has 0 saturated carbocycles. The molecule has 3 heteroatoms. The van der Waals surface area contributed by atoms with Crippen molar-refractivity contribution in [2.24, 2.45) is 7.05 Å². The smallest absolute Gasteiger partial charge is 0.176 e. The predicted molar refractivity (Wildman–Crippen MR) is 75.7 cm³/mol. The van der Waals surface area contributed by atoms with Crippen LogP contribution in [0.25, 0.3) is 21.5 Å². The molecule has 0 fully saturated rings. The number of pyridine rings is 1. The third kappa shape index (κ3) is 1.87. The first-order chi connectivity index (χ1) is 9.22. The summed E-state index contributed by atoms with van der Waals surface area (Å²) in [5.41, 5.74) is 0. The zero-order valence-electron chi connectivity index (χ0n) is 11.3. The number of fused-ring (bicyclic) bond motifs is 3. The van der Waals surface area contributed by atoms with Gasteiger partial charge in [-0.2, -0.15) is 0 Å². The zero-order valence-corrected chi connectivity index (χ0v) is 11.3. The third-order valence-electron chi connectivity index (χ3n) is 3.42. The van der Waals surface area contributed by atoms with E-state index < -0.39 is 0 Å². The molecular weight excluding hydrogens is 238 g/mol. The number of methoxy groups -OCH3 is 2. The van der Waals surface area contributed by atoms with Gasteiger partial charge in [0, 0.05) is 16.8 Å². The van der Waals surface area contributed by atoms with Crippen LogP contribution in [0.15, 0.2) is 42.7 Å². The van der Waals surface area contributed by atoms with E-state index in [0.717, 1.165) is 16.9 Å². The zero-order chi connectivity index (χ0) is 13.4. The van der Waals surface area contributed by atoms with Gasteiger partial charge < -0.3 is 9.47 Å². The maximum atomic E-state index is 5.39. The van der Waals surface area contributed by atoms with Crippen LogP contribution in [0.2, 0.25) is 0 Å². The number of hydrogen-bond acceptors (Lipinski definition) is 2. The summed E-state index contributed by atoms with van der Waals surface area (Å²) in [4.78, 5) is 0. The Kier molecular flexibility index (Phi) is 2.75. The van der Waals surface area contributed by atoms with Gasteiger partial charge in [0.15, 0.2) is 23.9 Å². The second kappa shape index (κ2) is 4.43. The highest BCUT2D eigenvalue weighted by atomic mass is 16.5. The van der Waals surface area contributed by atoms with Crippen molar-refractivity contribution in [2.45, 2.75) is 0 Å². The van der Waals surface area contributed by atoms with Crippen LogP contribution in [0, 0.1) is 0 Å². The number of hydrogen-bond donors (Lipinski definition) is 0. The van der Waals surface area contributed by atoms with E-state index >= 15 is 0 Å². The summed E-state index contributed by atoms with van der Waals surface area (Å²) >= 11 is 0. The van der Waals surface area contributed by atoms with Gasteiger partial charge in [-0.15, -0.1) is 0 Å². The first-order valence-electron chi connectivity index (χ1n) is 6.16. The highest BCUT2D eigenvalue weighted by Crippen LogP contribution is 2.35. The molecule has 0 radical (unpaired) electrons. The molecular formula is C16H16NO2+. The van der Waals surface area contributed by atoms with Crippen molar-refractivity contribution in [3.8, 4) is 11.5 Å². The molecule has 0 unspecified atom stereocenters. The highest BCUT2D eigenvalue weighted by molar-refractivity contribution is 6.07. The topological polar surface area (TPSA) is 22.3 Å². The molecule has 0 amide bonds. The Bertz CT molecular complexity index is 765. The molecule has 0 spiro atoms. The van der Waals surface area contributed by atoms with Gasteiger partial charge in [0.1, 0.15) is 7.05 Å². The van der Waals surface area contributed by atoms with Gasteiger partial charge in [-0.25, -0.2) is 4.57 Å². The lowest BCUT2D eigenvalue weighted by atomic mass is 10.0. The fourth-order valence-electron chi connectivity index (χ4n) is 2.44. The molecule has 0 bridgehead atoms. The van der Waals surface area contributed by atoms with Crippen LogP contribution in [0.3, 0.4) is 0 Å². The Balaban J connectivity index is 2.41. The van der Waals surface area contributed by atoms with Gasteiger partial charge in [-0.1, -0.05) is 6.07 Å². The van der Waals surface area contributed by atoms with Gasteiger partial charge in [0.2, 0.25) is 0 Å². The maximum absolute atomic E-state index is 5.39. The molecule has 3 aromatic rings. The number of ether oxygens (including phenoxy) is 2. The molecule has 3 rings (SSSR count). The lowest BCUT2D eigenvalue weighted by Crippen LogP contribution is -2.25. The normalized spacial score (nSPS) is 10.9. The first kappa shape index (κ1) is 11.8. The molecule has 0 N–H and O–H groups in total. The monoisotopic (exact) mass is 254 g/mol. The van der Waals surface area contributed by atoms with E-state index in [1.165, 1.54) is 16.2 Å². The van der Waals surface area contributed by atoms with E-state index in [9.17, 15) is 0 Å². The van der Waals surface area contributed by atoms with Crippen molar-refractivity contribution < 1.29 is 14.0 Å². The molecule has 0 aliphatic rings. The second-order valence-electron chi connectivity index (χ2n) is 4.61. The molecule has 1 heterocycles. The van der Waals surface area contributed by atoms with Crippen LogP contribution < -0.4 is 14.0 Å². The largest absolute Gasteiger partial charge is 0.493 e. The standard InChI is InChI=1S/C16H16NO2/c1-17-7-6-13-12(10-17)5-4-11-8-15(18-2)16(19-3)9-14(11)13/h4-10H,1-3H3/q+1. The number of benzene rings is 2. The summed E-state index contributed by atoms with van der Waals surface area (Å²) in [6, 6.07) is 10.4. The third-order valence-corrected chi connectivity index (χ3v) is 3.42. The van der Waals surface area contributed by atoms with E-state index in [0.29, 0.717) is 0 Å². The van der Waals surface area contributed by atoms with Crippen molar-refractivity contribution in [2.75, 3.05) is 14.2 Å². The summed E-state index contributed by atoms with van der Waals surface area (Å²) in [5, 5.41) is 4.76. The fraction of sp³-hybridized carbons (Fsp3) is 0.188. The molecule has 0 atom stereocenters. The quantitative estimate of drug-likeness (QED) is 0.518. The van der Waals surface area contributed by atoms with Gasteiger partial charge in [-0.05, 0) is 29.0 Å². The molecule has 96 valence electrons. The average Bonchev–Trinajstić information content (AvgIpc) is 2.45. The van der Waals surface area contributed by atoms with Gasteiger partial charge in [0.05, 0.1) is 14.2 Å². The van der Waals surface area contributed by atoms with Crippen LogP contribution >= 0.6 is 0 Å². The van der Waals surface area contributed by atoms with Crippen LogP contribution in [0.4, 0.5) is 0 Å². The molecule has 1 aromatic heterocycles. The Morgan fingerprint density at radius 1 is 0.842 bits per heavy atom. The number of nitrogens with zero attached hydrogens (tertiary/aromatic N) is 1. The van der Waals surface area contributed by atoms with Crippen molar-refractivity contribution in [3.63, 3.8) is 0 Å². The molecule has 0 saturated heterocycles. The number of aromatic nitrogens is 1. The second-order valence-corrected chi connectivity index (χ2v) is 4.61. The van der Waals surface area contributed by atoms with Crippen LogP contribution in [0.1, 0.15) is 0 Å². The van der Waals surface area contributed by atoms with E-state index in [-0.39, 0.29) is 0 Å². The van der Waals surface area contributed by atoms with E-state index in [2.05, 4.69) is 35.2 Å². The maximum Gasteiger partial charge on any atom is 0.176 e. The Morgan fingerprint density at radius 3 is 2.26 bits per heavy atom. The van der Waals surface area contributed by atoms with E-state index in [1.807, 2.05) is 19.2 Å². The SMILES string of the molecule is COc1cc2ccc3c[n+](C)ccc3c2cc1OC. The first-order valence-corrected chi connectivity index (χ1v) is 6.16. The minimum absolute atomic E-state index is 0.760. The highest BCUT2D eigenvalue weighted by Gasteiger charge is 2.09. The predicted octanol–water partition coefficient (Wildman–Crippen LogP) is 2.83. The van der Waals surface area contributed by atoms with Crippen molar-refractivity contribution in [3.05, 3.63) is 42.7 Å². The van der Waals surface area contributed by atoms with Crippen LogP contribution in [0.5, 0.6) is 11.5 Å². The van der Waals surface area contributed by atoms with Gasteiger partial charge >= 0.3 is 0 Å². The number of aryl methyl sites for hydroxylation is 1. The Labute approximate surface area is 112 Å². The summed E-state index contributed by atoms with van der Waals surface area (Å²) in [6.45, 7) is 0. The lowest BCUT2D eigenvalue weighted by molar-refractivity contribution is -0.670. The van der Waals surface area contributed by atoms with Crippen LogP contribution in [-0.2, 0) is 7.05 Å². The molecule has 3 nitrogen and oxygen atoms in total. The minimum atomic E-state index is 0.760. The van der Waals surface area contributed by atoms with E-state index in [4.69, 9.17) is 9.47 Å².